The maximum absolute atomic E-state index is 12.4. The smallest absolute Gasteiger partial charge is 0.376 e. The van der Waals surface area contributed by atoms with Gasteiger partial charge >= 0.3 is 12.4 Å². The van der Waals surface area contributed by atoms with Gasteiger partial charge in [-0.05, 0) is 49.2 Å². The second-order valence-electron chi connectivity index (χ2n) is 6.15. The van der Waals surface area contributed by atoms with E-state index in [9.17, 15) is 36.6 Å². The molecular weight excluding hydrogens is 522 g/mol. The van der Waals surface area contributed by atoms with E-state index in [1.165, 1.54) is 48.5 Å². The number of hydrogen-bond donors (Lipinski definition) is 2. The first-order chi connectivity index (χ1) is 12.5. The van der Waals surface area contributed by atoms with Crippen LogP contribution in [0.15, 0.2) is 57.5 Å². The third kappa shape index (κ3) is 5.95. The van der Waals surface area contributed by atoms with Crippen LogP contribution in [0, 0.1) is 0 Å². The molecule has 0 fully saturated rings. The van der Waals surface area contributed by atoms with E-state index in [2.05, 4.69) is 31.9 Å². The van der Waals surface area contributed by atoms with Crippen LogP contribution in [0.25, 0.3) is 0 Å². The highest BCUT2D eigenvalue weighted by molar-refractivity contribution is 9.10. The summed E-state index contributed by atoms with van der Waals surface area (Å²) < 4.78 is 75.5. The Hall–Kier alpha value is -1.10. The minimum atomic E-state index is -4.67. The number of benzene rings is 2. The van der Waals surface area contributed by atoms with E-state index in [1.54, 1.807) is 0 Å². The molecule has 0 saturated heterocycles. The fraction of sp³-hybridized carbons (Fsp3) is 0.333. The van der Waals surface area contributed by atoms with Crippen molar-refractivity contribution in [3.05, 3.63) is 68.6 Å². The molecule has 0 spiro atoms. The predicted octanol–water partition coefficient (Wildman–Crippen LogP) is 6.44. The van der Waals surface area contributed by atoms with Crippen LogP contribution in [0.1, 0.15) is 25.0 Å². The Morgan fingerprint density at radius 2 is 0.786 bits per heavy atom. The lowest BCUT2D eigenvalue weighted by atomic mass is 9.96. The molecule has 0 aliphatic rings. The topological polar surface area (TPSA) is 40.5 Å². The number of aliphatic hydroxyl groups is 2. The van der Waals surface area contributed by atoms with Gasteiger partial charge in [-0.3, -0.25) is 0 Å². The van der Waals surface area contributed by atoms with E-state index >= 15 is 0 Å². The first kappa shape index (κ1) is 24.9. The Kier molecular flexibility index (Phi) is 7.77. The average molecular weight is 538 g/mol. The van der Waals surface area contributed by atoms with Crippen LogP contribution in [0.2, 0.25) is 0 Å². The maximum Gasteiger partial charge on any atom is 0.421 e. The summed E-state index contributed by atoms with van der Waals surface area (Å²) in [5.74, 6) is 0. The summed E-state index contributed by atoms with van der Waals surface area (Å²) in [6.07, 6.45) is -9.33. The third-order valence-electron chi connectivity index (χ3n) is 3.92. The SMILES string of the molecule is C[C@@](O)(c1ccc(Br)cc1)C(F)(F)F.C[C@](O)(c1ccc(Br)cc1)C(F)(F)F. The standard InChI is InChI=1S/2C9H8BrF3O/c2*1-8(14,9(11,12)13)6-2-4-7(10)5-3-6/h2*2-5,14H,1H3/t2*8-/m10/s1. The van der Waals surface area contributed by atoms with Crippen molar-refractivity contribution in [2.24, 2.45) is 0 Å². The lowest BCUT2D eigenvalue weighted by Crippen LogP contribution is -2.39. The average Bonchev–Trinajstić information content (AvgIpc) is 2.54. The van der Waals surface area contributed by atoms with Gasteiger partial charge in [-0.2, -0.15) is 26.3 Å². The van der Waals surface area contributed by atoms with Crippen LogP contribution in [0.4, 0.5) is 26.3 Å². The minimum absolute atomic E-state index is 0.173. The molecule has 0 radical (unpaired) electrons. The van der Waals surface area contributed by atoms with Crippen LogP contribution >= 0.6 is 31.9 Å². The minimum Gasteiger partial charge on any atom is -0.376 e. The highest BCUT2D eigenvalue weighted by Gasteiger charge is 2.51. The Bertz CT molecular complexity index is 699. The third-order valence-corrected chi connectivity index (χ3v) is 4.97. The summed E-state index contributed by atoms with van der Waals surface area (Å²) in [6, 6.07) is 10.8. The van der Waals surface area contributed by atoms with Crippen LogP contribution < -0.4 is 0 Å². The first-order valence-corrected chi connectivity index (χ1v) is 9.19. The predicted molar refractivity (Wildman–Crippen MR) is 99.5 cm³/mol. The zero-order valence-corrected chi connectivity index (χ0v) is 17.7. The van der Waals surface area contributed by atoms with E-state index in [-0.39, 0.29) is 11.1 Å². The molecule has 0 unspecified atom stereocenters. The fourth-order valence-electron chi connectivity index (χ4n) is 1.88. The van der Waals surface area contributed by atoms with Gasteiger partial charge in [0, 0.05) is 8.95 Å². The molecule has 0 aliphatic carbocycles. The van der Waals surface area contributed by atoms with Gasteiger partial charge < -0.3 is 10.2 Å². The summed E-state index contributed by atoms with van der Waals surface area (Å²) in [4.78, 5) is 0. The van der Waals surface area contributed by atoms with Gasteiger partial charge in [0.05, 0.1) is 0 Å². The summed E-state index contributed by atoms with van der Waals surface area (Å²) in [5, 5.41) is 18.5. The summed E-state index contributed by atoms with van der Waals surface area (Å²) in [5.41, 5.74) is -5.94. The number of alkyl halides is 6. The number of rotatable bonds is 2. The molecule has 0 aliphatic heterocycles. The first-order valence-electron chi connectivity index (χ1n) is 7.60. The van der Waals surface area contributed by atoms with E-state index in [1.807, 2.05) is 0 Å². The summed E-state index contributed by atoms with van der Waals surface area (Å²) in [7, 11) is 0. The Morgan fingerprint density at radius 3 is 0.964 bits per heavy atom. The van der Waals surface area contributed by atoms with Crippen molar-refractivity contribution in [3.63, 3.8) is 0 Å². The molecule has 0 aromatic heterocycles. The van der Waals surface area contributed by atoms with Crippen molar-refractivity contribution in [1.82, 2.24) is 0 Å². The van der Waals surface area contributed by atoms with E-state index in [0.29, 0.717) is 8.95 Å². The molecule has 0 heterocycles. The Balaban J connectivity index is 0.000000280. The lowest BCUT2D eigenvalue weighted by Gasteiger charge is -2.26. The second-order valence-corrected chi connectivity index (χ2v) is 7.99. The van der Waals surface area contributed by atoms with Gasteiger partial charge in [0.25, 0.3) is 0 Å². The quantitative estimate of drug-likeness (QED) is 0.433. The summed E-state index contributed by atoms with van der Waals surface area (Å²) >= 11 is 6.20. The zero-order valence-electron chi connectivity index (χ0n) is 14.5. The molecule has 10 heteroatoms. The molecule has 0 bridgehead atoms. The lowest BCUT2D eigenvalue weighted by molar-refractivity contribution is -0.259. The van der Waals surface area contributed by atoms with Gasteiger partial charge in [-0.15, -0.1) is 0 Å². The van der Waals surface area contributed by atoms with Crippen LogP contribution in [0.5, 0.6) is 0 Å². The highest BCUT2D eigenvalue weighted by Crippen LogP contribution is 2.39. The molecule has 2 aromatic rings. The molecule has 0 saturated carbocycles. The van der Waals surface area contributed by atoms with Crippen molar-refractivity contribution in [3.8, 4) is 0 Å². The Labute approximate surface area is 174 Å². The molecule has 0 amide bonds. The van der Waals surface area contributed by atoms with Crippen LogP contribution in [-0.2, 0) is 11.2 Å². The second kappa shape index (κ2) is 8.73. The van der Waals surface area contributed by atoms with Gasteiger partial charge in [0.1, 0.15) is 0 Å². The van der Waals surface area contributed by atoms with Crippen molar-refractivity contribution < 1.29 is 36.6 Å². The van der Waals surface area contributed by atoms with Crippen LogP contribution in [0.3, 0.4) is 0 Å². The molecule has 156 valence electrons. The summed E-state index contributed by atoms with van der Waals surface area (Å²) in [6.45, 7) is 1.46. The highest BCUT2D eigenvalue weighted by atomic mass is 79.9. The largest absolute Gasteiger partial charge is 0.421 e. The molecule has 2 atom stereocenters. The fourth-order valence-corrected chi connectivity index (χ4v) is 2.40. The van der Waals surface area contributed by atoms with E-state index in [0.717, 1.165) is 13.8 Å². The van der Waals surface area contributed by atoms with Gasteiger partial charge in [0.15, 0.2) is 11.2 Å². The maximum atomic E-state index is 12.4. The number of hydrogen-bond acceptors (Lipinski definition) is 2. The van der Waals surface area contributed by atoms with Crippen molar-refractivity contribution in [2.45, 2.75) is 37.4 Å². The molecular formula is C18H16Br2F6O2. The van der Waals surface area contributed by atoms with Gasteiger partial charge in [0.2, 0.25) is 0 Å². The molecule has 2 nitrogen and oxygen atoms in total. The normalized spacial score (nSPS) is 16.4. The van der Waals surface area contributed by atoms with E-state index in [4.69, 9.17) is 0 Å². The van der Waals surface area contributed by atoms with E-state index < -0.39 is 23.6 Å². The zero-order chi connectivity index (χ0) is 22.0. The Morgan fingerprint density at radius 1 is 0.571 bits per heavy atom. The van der Waals surface area contributed by atoms with Gasteiger partial charge in [-0.1, -0.05) is 56.1 Å². The molecule has 2 rings (SSSR count). The number of halogens is 8. The van der Waals surface area contributed by atoms with Crippen molar-refractivity contribution >= 4 is 31.9 Å². The molecule has 2 aromatic carbocycles. The van der Waals surface area contributed by atoms with Gasteiger partial charge in [-0.25, -0.2) is 0 Å². The monoisotopic (exact) mass is 536 g/mol. The molecule has 2 N–H and O–H groups in total. The van der Waals surface area contributed by atoms with Crippen molar-refractivity contribution in [2.75, 3.05) is 0 Å². The van der Waals surface area contributed by atoms with Crippen LogP contribution in [-0.4, -0.2) is 22.6 Å². The van der Waals surface area contributed by atoms with Crippen molar-refractivity contribution in [1.29, 1.82) is 0 Å². The molecule has 28 heavy (non-hydrogen) atoms.